The second-order valence-electron chi connectivity index (χ2n) is 5.55. The minimum atomic E-state index is -0.863. The summed E-state index contributed by atoms with van der Waals surface area (Å²) in [4.78, 5) is 26.9. The summed E-state index contributed by atoms with van der Waals surface area (Å²) in [5.41, 5.74) is 0. The van der Waals surface area contributed by atoms with E-state index < -0.39 is 11.9 Å². The second-order valence-corrected chi connectivity index (χ2v) is 5.55. The van der Waals surface area contributed by atoms with Crippen LogP contribution in [-0.2, 0) is 4.79 Å². The lowest BCUT2D eigenvalue weighted by atomic mass is 10.1. The zero-order chi connectivity index (χ0) is 15.7. The number of carboxylic acid groups (broad SMARTS) is 1. The molecule has 0 radical (unpaired) electrons. The van der Waals surface area contributed by atoms with E-state index in [9.17, 15) is 9.59 Å². The van der Waals surface area contributed by atoms with Gasteiger partial charge in [-0.1, -0.05) is 26.7 Å². The van der Waals surface area contributed by atoms with Crippen molar-refractivity contribution in [3.63, 3.8) is 0 Å². The molecule has 0 aliphatic carbocycles. The van der Waals surface area contributed by atoms with Gasteiger partial charge in [-0.2, -0.15) is 0 Å². The van der Waals surface area contributed by atoms with Crippen molar-refractivity contribution >= 4 is 12.0 Å². The number of hydrogen-bond acceptors (Lipinski definition) is 2. The first-order chi connectivity index (χ1) is 9.34. The van der Waals surface area contributed by atoms with Crippen molar-refractivity contribution in [1.82, 2.24) is 9.80 Å². The SMILES string of the molecule is CCCCCN(C(=O)N(CC)CC(C)C(=O)O)C(C)C. The molecule has 1 unspecified atom stereocenters. The molecule has 0 spiro atoms. The van der Waals surface area contributed by atoms with Crippen LogP contribution in [0.15, 0.2) is 0 Å². The topological polar surface area (TPSA) is 60.9 Å². The molecular formula is C15H30N2O3. The van der Waals surface area contributed by atoms with Gasteiger partial charge in [-0.05, 0) is 27.2 Å². The predicted molar refractivity (Wildman–Crippen MR) is 80.8 cm³/mol. The van der Waals surface area contributed by atoms with Crippen molar-refractivity contribution in [3.05, 3.63) is 0 Å². The summed E-state index contributed by atoms with van der Waals surface area (Å²) in [6, 6.07) is 0.0836. The molecule has 5 heteroatoms. The van der Waals surface area contributed by atoms with Crippen molar-refractivity contribution < 1.29 is 14.7 Å². The Morgan fingerprint density at radius 1 is 1.10 bits per heavy atom. The zero-order valence-corrected chi connectivity index (χ0v) is 13.6. The molecular weight excluding hydrogens is 256 g/mol. The van der Waals surface area contributed by atoms with Gasteiger partial charge in [-0.3, -0.25) is 4.79 Å². The Labute approximate surface area is 122 Å². The highest BCUT2D eigenvalue weighted by molar-refractivity contribution is 5.76. The van der Waals surface area contributed by atoms with E-state index >= 15 is 0 Å². The molecule has 20 heavy (non-hydrogen) atoms. The van der Waals surface area contributed by atoms with E-state index in [1.807, 2.05) is 25.7 Å². The van der Waals surface area contributed by atoms with Gasteiger partial charge in [0.05, 0.1) is 5.92 Å². The minimum Gasteiger partial charge on any atom is -0.481 e. The zero-order valence-electron chi connectivity index (χ0n) is 13.6. The maximum absolute atomic E-state index is 12.5. The summed E-state index contributed by atoms with van der Waals surface area (Å²) >= 11 is 0. The normalized spacial score (nSPS) is 12.3. The van der Waals surface area contributed by atoms with Crippen molar-refractivity contribution in [3.8, 4) is 0 Å². The largest absolute Gasteiger partial charge is 0.481 e. The number of aliphatic carboxylic acids is 1. The van der Waals surface area contributed by atoms with Crippen LogP contribution >= 0.6 is 0 Å². The number of urea groups is 1. The Bertz CT molecular complexity index is 305. The molecule has 0 rings (SSSR count). The summed E-state index contributed by atoms with van der Waals surface area (Å²) in [5.74, 6) is -1.40. The summed E-state index contributed by atoms with van der Waals surface area (Å²) in [6.07, 6.45) is 3.22. The Balaban J connectivity index is 4.69. The number of amides is 2. The Hall–Kier alpha value is -1.26. The minimum absolute atomic E-state index is 0.0493. The van der Waals surface area contributed by atoms with E-state index in [0.29, 0.717) is 6.54 Å². The maximum atomic E-state index is 12.5. The fourth-order valence-electron chi connectivity index (χ4n) is 2.04. The van der Waals surface area contributed by atoms with Crippen LogP contribution in [0.2, 0.25) is 0 Å². The molecule has 0 saturated heterocycles. The van der Waals surface area contributed by atoms with Gasteiger partial charge in [0.25, 0.3) is 0 Å². The lowest BCUT2D eigenvalue weighted by Crippen LogP contribution is -2.48. The van der Waals surface area contributed by atoms with Gasteiger partial charge in [-0.25, -0.2) is 4.79 Å². The highest BCUT2D eigenvalue weighted by atomic mass is 16.4. The first-order valence-corrected chi connectivity index (χ1v) is 7.63. The van der Waals surface area contributed by atoms with Gasteiger partial charge in [0.15, 0.2) is 0 Å². The molecule has 1 atom stereocenters. The van der Waals surface area contributed by atoms with Crippen LogP contribution in [0, 0.1) is 5.92 Å². The van der Waals surface area contributed by atoms with E-state index in [2.05, 4.69) is 6.92 Å². The van der Waals surface area contributed by atoms with Crippen LogP contribution in [0.1, 0.15) is 53.9 Å². The highest BCUT2D eigenvalue weighted by Crippen LogP contribution is 2.10. The average molecular weight is 286 g/mol. The number of carbonyl (C=O) groups is 2. The lowest BCUT2D eigenvalue weighted by Gasteiger charge is -2.33. The molecule has 0 saturated carbocycles. The van der Waals surface area contributed by atoms with Gasteiger partial charge < -0.3 is 14.9 Å². The summed E-state index contributed by atoms with van der Waals surface area (Å²) < 4.78 is 0. The van der Waals surface area contributed by atoms with Crippen LogP contribution in [0.3, 0.4) is 0 Å². The Morgan fingerprint density at radius 2 is 1.70 bits per heavy atom. The number of nitrogens with zero attached hydrogens (tertiary/aromatic N) is 2. The maximum Gasteiger partial charge on any atom is 0.320 e. The number of carboxylic acids is 1. The first kappa shape index (κ1) is 18.7. The molecule has 0 aromatic rings. The van der Waals surface area contributed by atoms with Gasteiger partial charge >= 0.3 is 12.0 Å². The number of carbonyl (C=O) groups excluding carboxylic acids is 1. The molecule has 0 fully saturated rings. The quantitative estimate of drug-likeness (QED) is 0.663. The predicted octanol–water partition coefficient (Wildman–Crippen LogP) is 3.05. The molecule has 0 aromatic carbocycles. The molecule has 1 N–H and O–H groups in total. The van der Waals surface area contributed by atoms with Gasteiger partial charge in [0.2, 0.25) is 0 Å². The first-order valence-electron chi connectivity index (χ1n) is 7.63. The van der Waals surface area contributed by atoms with Crippen LogP contribution in [0.5, 0.6) is 0 Å². The second kappa shape index (κ2) is 9.61. The van der Waals surface area contributed by atoms with Crippen LogP contribution < -0.4 is 0 Å². The van der Waals surface area contributed by atoms with Crippen LogP contribution in [0.4, 0.5) is 4.79 Å². The standard InChI is InChI=1S/C15H30N2O3/c1-6-8-9-10-17(12(3)4)15(20)16(7-2)11-13(5)14(18)19/h12-13H,6-11H2,1-5H3,(H,18,19). The number of rotatable bonds is 9. The fourth-order valence-corrected chi connectivity index (χ4v) is 2.04. The third kappa shape index (κ3) is 6.26. The molecule has 0 aliphatic heterocycles. The molecule has 118 valence electrons. The van der Waals surface area contributed by atoms with Gasteiger partial charge in [0.1, 0.15) is 0 Å². The monoisotopic (exact) mass is 286 g/mol. The molecule has 5 nitrogen and oxygen atoms in total. The third-order valence-electron chi connectivity index (χ3n) is 3.44. The smallest absolute Gasteiger partial charge is 0.320 e. The van der Waals surface area contributed by atoms with Crippen molar-refractivity contribution in [2.45, 2.75) is 59.9 Å². The van der Waals surface area contributed by atoms with Crippen molar-refractivity contribution in [2.24, 2.45) is 5.92 Å². The van der Waals surface area contributed by atoms with Gasteiger partial charge in [0, 0.05) is 25.7 Å². The summed E-state index contributed by atoms with van der Waals surface area (Å²) in [7, 11) is 0. The van der Waals surface area contributed by atoms with E-state index in [0.717, 1.165) is 25.8 Å². The number of hydrogen-bond donors (Lipinski definition) is 1. The van der Waals surface area contributed by atoms with E-state index in [1.165, 1.54) is 0 Å². The van der Waals surface area contributed by atoms with Crippen molar-refractivity contribution in [2.75, 3.05) is 19.6 Å². The summed E-state index contributed by atoms with van der Waals surface area (Å²) in [5, 5.41) is 8.98. The average Bonchev–Trinajstić information content (AvgIpc) is 2.39. The Morgan fingerprint density at radius 3 is 2.10 bits per heavy atom. The van der Waals surface area contributed by atoms with E-state index in [1.54, 1.807) is 11.8 Å². The molecule has 0 bridgehead atoms. The van der Waals surface area contributed by atoms with Crippen LogP contribution in [0.25, 0.3) is 0 Å². The number of unbranched alkanes of at least 4 members (excludes halogenated alkanes) is 2. The Kier molecular flexibility index (Phi) is 9.01. The highest BCUT2D eigenvalue weighted by Gasteiger charge is 2.24. The molecule has 0 aromatic heterocycles. The van der Waals surface area contributed by atoms with E-state index in [-0.39, 0.29) is 18.6 Å². The molecule has 0 heterocycles. The molecule has 2 amide bonds. The third-order valence-corrected chi connectivity index (χ3v) is 3.44. The van der Waals surface area contributed by atoms with E-state index in [4.69, 9.17) is 5.11 Å². The van der Waals surface area contributed by atoms with Gasteiger partial charge in [-0.15, -0.1) is 0 Å². The summed E-state index contributed by atoms with van der Waals surface area (Å²) in [6.45, 7) is 11.2. The molecule has 0 aliphatic rings. The van der Waals surface area contributed by atoms with Crippen LogP contribution in [-0.4, -0.2) is 52.6 Å². The van der Waals surface area contributed by atoms with Crippen molar-refractivity contribution in [1.29, 1.82) is 0 Å². The fraction of sp³-hybridized carbons (Fsp3) is 0.867. The lowest BCUT2D eigenvalue weighted by molar-refractivity contribution is -0.141.